The van der Waals surface area contributed by atoms with Gasteiger partial charge >= 0.3 is 12.1 Å². The summed E-state index contributed by atoms with van der Waals surface area (Å²) in [5, 5.41) is 0.191. The molecule has 0 saturated carbocycles. The molecule has 0 saturated heterocycles. The highest BCUT2D eigenvalue weighted by Crippen LogP contribution is 2.43. The number of hydrogen-bond acceptors (Lipinski definition) is 3. The zero-order valence-corrected chi connectivity index (χ0v) is 10.6. The average Bonchev–Trinajstić information content (AvgIpc) is 2.28. The van der Waals surface area contributed by atoms with Gasteiger partial charge in [0, 0.05) is 9.86 Å². The number of nitrogens with zero attached hydrogens (tertiary/aromatic N) is 2. The Kier molecular flexibility index (Phi) is 3.12. The number of anilines is 1. The SMILES string of the molecule is Nc1nc(C(F)(F)C(F)(F)F)nc2ccc(Br)cc12. The smallest absolute Gasteiger partial charge is 0.383 e. The standard InChI is InChI=1S/C10H5BrF5N3/c11-4-1-2-6-5(3-4)7(17)19-8(18-6)9(12,13)10(14,15)16/h1-3H,(H2,17,18,19). The second-order valence-corrected chi connectivity index (χ2v) is 4.58. The first-order valence-electron chi connectivity index (χ1n) is 4.81. The maximum absolute atomic E-state index is 13.1. The van der Waals surface area contributed by atoms with Gasteiger partial charge in [0.2, 0.25) is 5.82 Å². The van der Waals surface area contributed by atoms with Gasteiger partial charge < -0.3 is 5.73 Å². The summed E-state index contributed by atoms with van der Waals surface area (Å²) in [7, 11) is 0. The lowest BCUT2D eigenvalue weighted by atomic mass is 10.2. The van der Waals surface area contributed by atoms with Crippen LogP contribution in [0.2, 0.25) is 0 Å². The summed E-state index contributed by atoms with van der Waals surface area (Å²) >= 11 is 3.12. The van der Waals surface area contributed by atoms with Gasteiger partial charge in [-0.2, -0.15) is 22.0 Å². The molecule has 3 nitrogen and oxygen atoms in total. The summed E-state index contributed by atoms with van der Waals surface area (Å²) in [6.45, 7) is 0. The summed E-state index contributed by atoms with van der Waals surface area (Å²) in [6, 6.07) is 4.15. The van der Waals surface area contributed by atoms with E-state index >= 15 is 0 Å². The van der Waals surface area contributed by atoms with Crippen molar-refractivity contribution in [3.63, 3.8) is 0 Å². The molecule has 0 spiro atoms. The van der Waals surface area contributed by atoms with Crippen molar-refractivity contribution in [3.8, 4) is 0 Å². The minimum atomic E-state index is -5.78. The van der Waals surface area contributed by atoms with Crippen LogP contribution in [0.15, 0.2) is 22.7 Å². The van der Waals surface area contributed by atoms with E-state index in [1.807, 2.05) is 0 Å². The van der Waals surface area contributed by atoms with Crippen LogP contribution in [0.4, 0.5) is 27.8 Å². The van der Waals surface area contributed by atoms with Crippen molar-refractivity contribution >= 4 is 32.7 Å². The second kappa shape index (κ2) is 4.26. The van der Waals surface area contributed by atoms with Gasteiger partial charge in [-0.1, -0.05) is 15.9 Å². The van der Waals surface area contributed by atoms with Crippen LogP contribution in [0.5, 0.6) is 0 Å². The van der Waals surface area contributed by atoms with Crippen molar-refractivity contribution in [1.82, 2.24) is 9.97 Å². The predicted octanol–water partition coefficient (Wildman–Crippen LogP) is 3.63. The highest BCUT2D eigenvalue weighted by atomic mass is 79.9. The first-order valence-corrected chi connectivity index (χ1v) is 5.60. The molecule has 9 heteroatoms. The summed E-state index contributed by atoms with van der Waals surface area (Å²) in [5.41, 5.74) is 5.30. The Morgan fingerprint density at radius 2 is 1.68 bits per heavy atom. The summed E-state index contributed by atoms with van der Waals surface area (Å²) in [4.78, 5) is 6.29. The zero-order valence-electron chi connectivity index (χ0n) is 8.97. The molecule has 0 atom stereocenters. The third-order valence-corrected chi connectivity index (χ3v) is 2.82. The first kappa shape index (κ1) is 13.9. The Bertz CT molecular complexity index is 641. The van der Waals surface area contributed by atoms with E-state index in [9.17, 15) is 22.0 Å². The lowest BCUT2D eigenvalue weighted by molar-refractivity contribution is -0.292. The second-order valence-electron chi connectivity index (χ2n) is 3.67. The van der Waals surface area contributed by atoms with Crippen molar-refractivity contribution in [2.24, 2.45) is 0 Å². The van der Waals surface area contributed by atoms with Gasteiger partial charge in [-0.3, -0.25) is 0 Å². The van der Waals surface area contributed by atoms with Gasteiger partial charge in [0.05, 0.1) is 5.52 Å². The average molecular weight is 342 g/mol. The molecule has 0 bridgehead atoms. The molecule has 2 N–H and O–H groups in total. The number of fused-ring (bicyclic) bond motifs is 1. The molecular weight excluding hydrogens is 337 g/mol. The molecule has 0 amide bonds. The Labute approximate surface area is 111 Å². The summed E-state index contributed by atoms with van der Waals surface area (Å²) < 4.78 is 63.6. The third kappa shape index (κ3) is 2.34. The van der Waals surface area contributed by atoms with E-state index in [1.165, 1.54) is 18.2 Å². The molecule has 2 rings (SSSR count). The number of halogens is 6. The fraction of sp³-hybridized carbons (Fsp3) is 0.200. The van der Waals surface area contributed by atoms with Gasteiger partial charge in [0.25, 0.3) is 0 Å². The van der Waals surface area contributed by atoms with Crippen LogP contribution in [-0.2, 0) is 5.92 Å². The van der Waals surface area contributed by atoms with E-state index in [0.717, 1.165) is 0 Å². The van der Waals surface area contributed by atoms with E-state index in [0.29, 0.717) is 4.47 Å². The minimum Gasteiger partial charge on any atom is -0.383 e. The van der Waals surface area contributed by atoms with Crippen LogP contribution in [0.1, 0.15) is 5.82 Å². The molecule has 0 aliphatic carbocycles. The summed E-state index contributed by atoms with van der Waals surface area (Å²) in [5.74, 6) is -7.25. The van der Waals surface area contributed by atoms with Crippen LogP contribution < -0.4 is 5.73 Å². The van der Waals surface area contributed by atoms with Gasteiger partial charge in [-0.25, -0.2) is 9.97 Å². The normalized spacial score (nSPS) is 12.9. The molecule has 102 valence electrons. The lowest BCUT2D eigenvalue weighted by Gasteiger charge is -2.18. The van der Waals surface area contributed by atoms with E-state index in [2.05, 4.69) is 25.9 Å². The molecule has 0 radical (unpaired) electrons. The Morgan fingerprint density at radius 1 is 1.05 bits per heavy atom. The minimum absolute atomic E-state index is 0.0883. The molecule has 1 aromatic carbocycles. The highest BCUT2D eigenvalue weighted by Gasteiger charge is 2.61. The maximum atomic E-state index is 13.1. The van der Waals surface area contributed by atoms with E-state index in [4.69, 9.17) is 5.73 Å². The molecule has 19 heavy (non-hydrogen) atoms. The largest absolute Gasteiger partial charge is 0.461 e. The molecule has 1 aromatic heterocycles. The lowest BCUT2D eigenvalue weighted by Crippen LogP contribution is -2.35. The van der Waals surface area contributed by atoms with Crippen molar-refractivity contribution < 1.29 is 22.0 Å². The molecule has 0 unspecified atom stereocenters. The predicted molar refractivity (Wildman–Crippen MR) is 61.6 cm³/mol. The van der Waals surface area contributed by atoms with E-state index in [1.54, 1.807) is 0 Å². The third-order valence-electron chi connectivity index (χ3n) is 2.32. The highest BCUT2D eigenvalue weighted by molar-refractivity contribution is 9.10. The molecule has 1 heterocycles. The van der Waals surface area contributed by atoms with Crippen molar-refractivity contribution in [2.75, 3.05) is 5.73 Å². The van der Waals surface area contributed by atoms with Gasteiger partial charge in [-0.15, -0.1) is 0 Å². The molecule has 0 aliphatic heterocycles. The van der Waals surface area contributed by atoms with Crippen LogP contribution in [0, 0.1) is 0 Å². The van der Waals surface area contributed by atoms with Gasteiger partial charge in [0.1, 0.15) is 5.82 Å². The van der Waals surface area contributed by atoms with Crippen molar-refractivity contribution in [3.05, 3.63) is 28.5 Å². The fourth-order valence-electron chi connectivity index (χ4n) is 1.39. The Hall–Kier alpha value is -1.51. The number of nitrogens with two attached hydrogens (primary N) is 1. The number of hydrogen-bond donors (Lipinski definition) is 1. The van der Waals surface area contributed by atoms with Crippen LogP contribution in [0.25, 0.3) is 10.9 Å². The van der Waals surface area contributed by atoms with Crippen molar-refractivity contribution in [1.29, 1.82) is 0 Å². The van der Waals surface area contributed by atoms with Crippen molar-refractivity contribution in [2.45, 2.75) is 12.1 Å². The van der Waals surface area contributed by atoms with Crippen LogP contribution >= 0.6 is 15.9 Å². The number of aromatic nitrogens is 2. The molecule has 2 aromatic rings. The number of benzene rings is 1. The maximum Gasteiger partial charge on any atom is 0.461 e. The summed E-state index contributed by atoms with van der Waals surface area (Å²) in [6.07, 6.45) is -5.78. The van der Waals surface area contributed by atoms with E-state index in [-0.39, 0.29) is 10.9 Å². The Balaban J connectivity index is 2.68. The fourth-order valence-corrected chi connectivity index (χ4v) is 1.75. The molecule has 0 fully saturated rings. The molecule has 0 aliphatic rings. The van der Waals surface area contributed by atoms with Crippen LogP contribution in [0.3, 0.4) is 0 Å². The number of alkyl halides is 5. The van der Waals surface area contributed by atoms with E-state index < -0.39 is 23.7 Å². The monoisotopic (exact) mass is 341 g/mol. The zero-order chi connectivity index (χ0) is 14.4. The topological polar surface area (TPSA) is 51.8 Å². The molecular formula is C10H5BrF5N3. The first-order chi connectivity index (χ1) is 8.63. The van der Waals surface area contributed by atoms with Gasteiger partial charge in [0.15, 0.2) is 0 Å². The quantitative estimate of drug-likeness (QED) is 0.806. The number of nitrogen functional groups attached to an aromatic ring is 1. The van der Waals surface area contributed by atoms with Crippen LogP contribution in [-0.4, -0.2) is 16.1 Å². The Morgan fingerprint density at radius 3 is 2.26 bits per heavy atom. The van der Waals surface area contributed by atoms with Gasteiger partial charge in [-0.05, 0) is 18.2 Å². The number of rotatable bonds is 1.